The summed E-state index contributed by atoms with van der Waals surface area (Å²) in [5, 5.41) is 11.4. The number of hydrogen-bond acceptors (Lipinski definition) is 9. The number of sulfone groups is 1. The number of ether oxygens (including phenoxy) is 2. The molecule has 0 saturated heterocycles. The van der Waals surface area contributed by atoms with Gasteiger partial charge in [0.2, 0.25) is 15.0 Å². The van der Waals surface area contributed by atoms with Crippen molar-refractivity contribution in [2.24, 2.45) is 0 Å². The molecule has 11 heteroatoms. The van der Waals surface area contributed by atoms with Crippen molar-refractivity contribution in [2.75, 3.05) is 24.8 Å². The van der Waals surface area contributed by atoms with E-state index in [2.05, 4.69) is 40.7 Å². The van der Waals surface area contributed by atoms with E-state index >= 15 is 0 Å². The molecule has 0 fully saturated rings. The average molecular weight is 527 g/mol. The molecule has 0 atom stereocenters. The van der Waals surface area contributed by atoms with E-state index in [-0.39, 0.29) is 15.9 Å². The van der Waals surface area contributed by atoms with Crippen LogP contribution in [0.5, 0.6) is 11.5 Å². The van der Waals surface area contributed by atoms with Gasteiger partial charge in [0, 0.05) is 17.8 Å². The molecule has 1 N–H and O–H groups in total. The molecule has 9 nitrogen and oxygen atoms in total. The Morgan fingerprint density at radius 2 is 1.86 bits per heavy atom. The van der Waals surface area contributed by atoms with E-state index in [1.165, 1.54) is 6.08 Å². The standard InChI is InChI=1S/C25H26N4O5S2/c1-16(2)21-10-5-17(3)13-22(21)34-12-11-33-20-8-6-18(7-9-20)14-19(15-26)23(30)27-24-28-25(29-35-24)36(4,31)32/h5-10,13-14,16H,11-12H2,1-4H3,(H,27,28,29,30). The van der Waals surface area contributed by atoms with Crippen LogP contribution in [-0.4, -0.2) is 43.2 Å². The average Bonchev–Trinajstić information content (AvgIpc) is 3.30. The number of nitrogens with one attached hydrogen (secondary N) is 1. The molecule has 188 valence electrons. The molecule has 3 aromatic rings. The Morgan fingerprint density at radius 1 is 1.17 bits per heavy atom. The molecule has 1 amide bonds. The number of hydrogen-bond donors (Lipinski definition) is 1. The number of aromatic nitrogens is 2. The van der Waals surface area contributed by atoms with Gasteiger partial charge in [-0.3, -0.25) is 10.1 Å². The summed E-state index contributed by atoms with van der Waals surface area (Å²) in [5.41, 5.74) is 2.72. The molecule has 0 radical (unpaired) electrons. The maximum Gasteiger partial charge on any atom is 0.268 e. The lowest BCUT2D eigenvalue weighted by atomic mass is 10.0. The third kappa shape index (κ3) is 7.37. The van der Waals surface area contributed by atoms with Gasteiger partial charge in [0.05, 0.1) is 0 Å². The first-order chi connectivity index (χ1) is 17.1. The van der Waals surface area contributed by atoms with Crippen LogP contribution in [-0.2, 0) is 14.6 Å². The first-order valence-electron chi connectivity index (χ1n) is 11.0. The minimum atomic E-state index is -3.59. The number of anilines is 1. The molecule has 36 heavy (non-hydrogen) atoms. The summed E-state index contributed by atoms with van der Waals surface area (Å²) in [6.45, 7) is 7.00. The first kappa shape index (κ1) is 26.8. The van der Waals surface area contributed by atoms with Crippen molar-refractivity contribution in [3.05, 3.63) is 64.7 Å². The second-order valence-corrected chi connectivity index (χ2v) is 10.9. The molecule has 1 aromatic heterocycles. The summed E-state index contributed by atoms with van der Waals surface area (Å²) in [4.78, 5) is 16.2. The fourth-order valence-electron chi connectivity index (χ4n) is 3.11. The SMILES string of the molecule is Cc1ccc(C(C)C)c(OCCOc2ccc(C=C(C#N)C(=O)Nc3nc(S(C)(=O)=O)ns3)cc2)c1. The lowest BCUT2D eigenvalue weighted by molar-refractivity contribution is -0.112. The van der Waals surface area contributed by atoms with Crippen molar-refractivity contribution < 1.29 is 22.7 Å². The molecule has 0 saturated carbocycles. The topological polar surface area (TPSA) is 131 Å². The lowest BCUT2D eigenvalue weighted by Crippen LogP contribution is -2.13. The zero-order valence-corrected chi connectivity index (χ0v) is 21.9. The summed E-state index contributed by atoms with van der Waals surface area (Å²) in [6, 6.07) is 14.9. The van der Waals surface area contributed by atoms with Gasteiger partial charge in [-0.15, -0.1) is 0 Å². The second kappa shape index (κ2) is 11.8. The molecule has 3 rings (SSSR count). The van der Waals surface area contributed by atoms with Gasteiger partial charge in [-0.2, -0.15) is 14.6 Å². The molecule has 0 aliphatic heterocycles. The maximum atomic E-state index is 12.4. The Balaban J connectivity index is 1.56. The van der Waals surface area contributed by atoms with E-state index < -0.39 is 15.7 Å². The second-order valence-electron chi connectivity index (χ2n) is 8.24. The predicted molar refractivity (Wildman–Crippen MR) is 138 cm³/mol. The Morgan fingerprint density at radius 3 is 2.47 bits per heavy atom. The Labute approximate surface area is 214 Å². The number of carbonyl (C=O) groups is 1. The summed E-state index contributed by atoms with van der Waals surface area (Å²) in [5.74, 6) is 1.11. The van der Waals surface area contributed by atoms with Crippen LogP contribution in [0.15, 0.2) is 53.2 Å². The number of amides is 1. The van der Waals surface area contributed by atoms with E-state index in [1.54, 1.807) is 24.3 Å². The highest BCUT2D eigenvalue weighted by Gasteiger charge is 2.17. The summed E-state index contributed by atoms with van der Waals surface area (Å²) in [7, 11) is -3.59. The molecule has 0 unspecified atom stereocenters. The normalized spacial score (nSPS) is 11.7. The highest BCUT2D eigenvalue weighted by molar-refractivity contribution is 7.90. The van der Waals surface area contributed by atoms with Gasteiger partial charge in [0.15, 0.2) is 0 Å². The molecule has 0 bridgehead atoms. The Hall–Kier alpha value is -3.75. The minimum absolute atomic E-state index is 0.0151. The van der Waals surface area contributed by atoms with Crippen molar-refractivity contribution >= 4 is 38.5 Å². The number of aryl methyl sites for hydroxylation is 1. The lowest BCUT2D eigenvalue weighted by Gasteiger charge is -2.15. The molecule has 0 aliphatic rings. The van der Waals surface area contributed by atoms with E-state index in [1.807, 2.05) is 19.1 Å². The number of nitriles is 1. The van der Waals surface area contributed by atoms with Gasteiger partial charge in [0.1, 0.15) is 36.4 Å². The summed E-state index contributed by atoms with van der Waals surface area (Å²) < 4.78 is 38.3. The van der Waals surface area contributed by atoms with Crippen LogP contribution in [0.2, 0.25) is 0 Å². The van der Waals surface area contributed by atoms with Crippen molar-refractivity contribution in [3.8, 4) is 17.6 Å². The van der Waals surface area contributed by atoms with Gasteiger partial charge >= 0.3 is 0 Å². The number of benzene rings is 2. The summed E-state index contributed by atoms with van der Waals surface area (Å²) in [6.07, 6.45) is 2.38. The van der Waals surface area contributed by atoms with Gasteiger partial charge in [-0.05, 0) is 53.8 Å². The van der Waals surface area contributed by atoms with Crippen LogP contribution in [0.25, 0.3) is 6.08 Å². The fraction of sp³-hybridized carbons (Fsp3) is 0.280. The van der Waals surface area contributed by atoms with E-state index in [4.69, 9.17) is 9.47 Å². The first-order valence-corrected chi connectivity index (χ1v) is 13.7. The Bertz CT molecular complexity index is 1400. The molecular weight excluding hydrogens is 500 g/mol. The molecule has 0 spiro atoms. The van der Waals surface area contributed by atoms with Crippen LogP contribution < -0.4 is 14.8 Å². The van der Waals surface area contributed by atoms with Crippen LogP contribution in [0, 0.1) is 18.3 Å². The monoisotopic (exact) mass is 526 g/mol. The van der Waals surface area contributed by atoms with E-state index in [9.17, 15) is 18.5 Å². The van der Waals surface area contributed by atoms with Gasteiger partial charge < -0.3 is 9.47 Å². The molecule has 0 aliphatic carbocycles. The van der Waals surface area contributed by atoms with Crippen LogP contribution >= 0.6 is 11.5 Å². The van der Waals surface area contributed by atoms with Crippen molar-refractivity contribution in [2.45, 2.75) is 31.8 Å². The van der Waals surface area contributed by atoms with Crippen LogP contribution in [0.4, 0.5) is 5.13 Å². The highest BCUT2D eigenvalue weighted by Crippen LogP contribution is 2.27. The van der Waals surface area contributed by atoms with Gasteiger partial charge in [-0.25, -0.2) is 8.42 Å². The fourth-order valence-corrected chi connectivity index (χ4v) is 4.55. The molecular formula is C25H26N4O5S2. The predicted octanol–water partition coefficient (Wildman–Crippen LogP) is 4.38. The third-order valence-corrected chi connectivity index (χ3v) is 6.51. The minimum Gasteiger partial charge on any atom is -0.490 e. The van der Waals surface area contributed by atoms with Crippen molar-refractivity contribution in [3.63, 3.8) is 0 Å². The maximum absolute atomic E-state index is 12.4. The zero-order chi connectivity index (χ0) is 26.3. The number of nitrogens with zero attached hydrogens (tertiary/aromatic N) is 3. The highest BCUT2D eigenvalue weighted by atomic mass is 32.2. The van der Waals surface area contributed by atoms with E-state index in [0.717, 1.165) is 23.1 Å². The van der Waals surface area contributed by atoms with Gasteiger partial charge in [0.25, 0.3) is 11.1 Å². The van der Waals surface area contributed by atoms with E-state index in [0.29, 0.717) is 42.0 Å². The quantitative estimate of drug-likeness (QED) is 0.234. The molecule has 1 heterocycles. The Kier molecular flexibility index (Phi) is 8.79. The zero-order valence-electron chi connectivity index (χ0n) is 20.3. The van der Waals surface area contributed by atoms with Crippen molar-refractivity contribution in [1.82, 2.24) is 9.36 Å². The number of carbonyl (C=O) groups excluding carboxylic acids is 1. The molecule has 2 aromatic carbocycles. The van der Waals surface area contributed by atoms with Crippen molar-refractivity contribution in [1.29, 1.82) is 5.26 Å². The largest absolute Gasteiger partial charge is 0.490 e. The number of rotatable bonds is 10. The van der Waals surface area contributed by atoms with Crippen LogP contribution in [0.3, 0.4) is 0 Å². The van der Waals surface area contributed by atoms with Crippen LogP contribution in [0.1, 0.15) is 36.5 Å². The van der Waals surface area contributed by atoms with Gasteiger partial charge in [-0.1, -0.05) is 38.1 Å². The summed E-state index contributed by atoms with van der Waals surface area (Å²) >= 11 is 0.716. The third-order valence-electron chi connectivity index (χ3n) is 4.92. The smallest absolute Gasteiger partial charge is 0.268 e.